The number of hydrogen-bond acceptors (Lipinski definition) is 3. The molecule has 4 nitrogen and oxygen atoms in total. The molecule has 0 fully saturated rings. The Balaban J connectivity index is 1.89. The highest BCUT2D eigenvalue weighted by atomic mass is 32.1. The molecule has 1 heterocycles. The predicted octanol–water partition coefficient (Wildman–Crippen LogP) is 3.98. The smallest absolute Gasteiger partial charge is 0.224 e. The Morgan fingerprint density at radius 3 is 2.45 bits per heavy atom. The van der Waals surface area contributed by atoms with Crippen LogP contribution in [-0.2, 0) is 16.0 Å². The zero-order valence-corrected chi connectivity index (χ0v) is 13.6. The number of amides is 2. The van der Waals surface area contributed by atoms with Crippen LogP contribution in [0.5, 0.6) is 0 Å². The molecule has 0 aliphatic carbocycles. The van der Waals surface area contributed by atoms with Crippen LogP contribution in [0.4, 0.5) is 11.4 Å². The van der Waals surface area contributed by atoms with Gasteiger partial charge in [0.15, 0.2) is 0 Å². The number of thiophene rings is 1. The Labute approximate surface area is 134 Å². The third-order valence-electron chi connectivity index (χ3n) is 3.33. The molecular weight excluding hydrogens is 296 g/mol. The molecule has 0 atom stereocenters. The van der Waals surface area contributed by atoms with Crippen LogP contribution in [0.3, 0.4) is 0 Å². The summed E-state index contributed by atoms with van der Waals surface area (Å²) in [5.41, 5.74) is 2.33. The molecule has 2 N–H and O–H groups in total. The van der Waals surface area contributed by atoms with E-state index in [9.17, 15) is 9.59 Å². The van der Waals surface area contributed by atoms with Crippen LogP contribution >= 0.6 is 11.3 Å². The second kappa shape index (κ2) is 7.75. The van der Waals surface area contributed by atoms with Crippen LogP contribution in [0, 0.1) is 6.92 Å². The molecule has 2 aromatic rings. The fourth-order valence-electron chi connectivity index (χ4n) is 2.19. The lowest BCUT2D eigenvalue weighted by Gasteiger charge is -2.12. The molecule has 0 unspecified atom stereocenters. The van der Waals surface area contributed by atoms with Crippen LogP contribution in [0.1, 0.15) is 30.2 Å². The lowest BCUT2D eigenvalue weighted by atomic mass is 10.1. The Morgan fingerprint density at radius 2 is 1.82 bits per heavy atom. The fraction of sp³-hybridized carbons (Fsp3) is 0.294. The van der Waals surface area contributed by atoms with Gasteiger partial charge >= 0.3 is 0 Å². The quantitative estimate of drug-likeness (QED) is 0.847. The van der Waals surface area contributed by atoms with Gasteiger partial charge in [-0.05, 0) is 48.9 Å². The topological polar surface area (TPSA) is 58.2 Å². The van der Waals surface area contributed by atoms with Gasteiger partial charge in [0, 0.05) is 29.6 Å². The Hall–Kier alpha value is -2.14. The van der Waals surface area contributed by atoms with Crippen LogP contribution in [0.2, 0.25) is 0 Å². The minimum Gasteiger partial charge on any atom is -0.326 e. The summed E-state index contributed by atoms with van der Waals surface area (Å²) in [5, 5.41) is 7.72. The van der Waals surface area contributed by atoms with E-state index >= 15 is 0 Å². The van der Waals surface area contributed by atoms with E-state index in [0.717, 1.165) is 29.8 Å². The molecule has 2 rings (SSSR count). The molecule has 116 valence electrons. The monoisotopic (exact) mass is 316 g/mol. The van der Waals surface area contributed by atoms with Crippen LogP contribution in [-0.4, -0.2) is 11.8 Å². The largest absolute Gasteiger partial charge is 0.326 e. The van der Waals surface area contributed by atoms with E-state index in [1.807, 2.05) is 36.6 Å². The molecule has 1 aromatic heterocycles. The van der Waals surface area contributed by atoms with E-state index in [0.29, 0.717) is 6.42 Å². The highest BCUT2D eigenvalue weighted by Gasteiger charge is 2.08. The molecule has 0 saturated heterocycles. The van der Waals surface area contributed by atoms with E-state index in [1.54, 1.807) is 11.3 Å². The molecule has 0 radical (unpaired) electrons. The first-order valence-corrected chi connectivity index (χ1v) is 8.13. The molecule has 0 saturated carbocycles. The van der Waals surface area contributed by atoms with Crippen molar-refractivity contribution in [2.75, 3.05) is 10.6 Å². The van der Waals surface area contributed by atoms with Crippen molar-refractivity contribution >= 4 is 34.5 Å². The van der Waals surface area contributed by atoms with Gasteiger partial charge in [0.1, 0.15) is 0 Å². The van der Waals surface area contributed by atoms with Crippen molar-refractivity contribution in [2.24, 2.45) is 0 Å². The van der Waals surface area contributed by atoms with Gasteiger partial charge in [-0.25, -0.2) is 0 Å². The maximum absolute atomic E-state index is 12.0. The molecule has 1 aromatic carbocycles. The summed E-state index contributed by atoms with van der Waals surface area (Å²) in [6.07, 6.45) is 2.24. The van der Waals surface area contributed by atoms with Crippen LogP contribution in [0.15, 0.2) is 35.7 Å². The van der Waals surface area contributed by atoms with Gasteiger partial charge in [-0.1, -0.05) is 12.1 Å². The van der Waals surface area contributed by atoms with Gasteiger partial charge in [0.25, 0.3) is 0 Å². The number of benzene rings is 1. The van der Waals surface area contributed by atoms with Gasteiger partial charge < -0.3 is 10.6 Å². The number of rotatable bonds is 6. The van der Waals surface area contributed by atoms with Gasteiger partial charge in [-0.2, -0.15) is 0 Å². The molecule has 2 amide bonds. The summed E-state index contributed by atoms with van der Waals surface area (Å²) in [6.45, 7) is 3.35. The highest BCUT2D eigenvalue weighted by Crippen LogP contribution is 2.23. The predicted molar refractivity (Wildman–Crippen MR) is 91.4 cm³/mol. The number of anilines is 2. The van der Waals surface area contributed by atoms with Crippen molar-refractivity contribution < 1.29 is 9.59 Å². The van der Waals surface area contributed by atoms with E-state index in [4.69, 9.17) is 0 Å². The molecule has 0 aliphatic heterocycles. The normalized spacial score (nSPS) is 10.3. The van der Waals surface area contributed by atoms with Gasteiger partial charge in [0.05, 0.1) is 0 Å². The standard InChI is InChI=1S/C17H20N2O2S/c1-12-15(18-13(2)20)8-4-9-16(12)19-17(21)10-3-6-14-7-5-11-22-14/h4-5,7-9,11H,3,6,10H2,1-2H3,(H,18,20)(H,19,21). The maximum atomic E-state index is 12.0. The molecule has 0 aliphatic rings. The summed E-state index contributed by atoms with van der Waals surface area (Å²) in [7, 11) is 0. The van der Waals surface area contributed by atoms with Crippen molar-refractivity contribution in [1.82, 2.24) is 0 Å². The summed E-state index contributed by atoms with van der Waals surface area (Å²) in [5.74, 6) is -0.123. The van der Waals surface area contributed by atoms with Crippen molar-refractivity contribution in [1.29, 1.82) is 0 Å². The van der Waals surface area contributed by atoms with Gasteiger partial charge in [0.2, 0.25) is 11.8 Å². The first-order valence-electron chi connectivity index (χ1n) is 7.25. The van der Waals surface area contributed by atoms with E-state index < -0.39 is 0 Å². The maximum Gasteiger partial charge on any atom is 0.224 e. The average molecular weight is 316 g/mol. The molecule has 5 heteroatoms. The first-order chi connectivity index (χ1) is 10.6. The number of nitrogens with one attached hydrogen (secondary N) is 2. The van der Waals surface area contributed by atoms with Gasteiger partial charge in [-0.3, -0.25) is 9.59 Å². The number of aryl methyl sites for hydroxylation is 1. The van der Waals surface area contributed by atoms with E-state index in [1.165, 1.54) is 11.8 Å². The summed E-state index contributed by atoms with van der Waals surface area (Å²) in [4.78, 5) is 24.5. The first kappa shape index (κ1) is 16.2. The highest BCUT2D eigenvalue weighted by molar-refractivity contribution is 7.09. The lowest BCUT2D eigenvalue weighted by Crippen LogP contribution is -2.14. The van der Waals surface area contributed by atoms with Crippen molar-refractivity contribution in [3.05, 3.63) is 46.2 Å². The Bertz CT molecular complexity index is 651. The van der Waals surface area contributed by atoms with Crippen LogP contribution < -0.4 is 10.6 Å². The SMILES string of the molecule is CC(=O)Nc1cccc(NC(=O)CCCc2cccs2)c1C. The molecule has 0 spiro atoms. The average Bonchev–Trinajstić information content (AvgIpc) is 2.96. The summed E-state index contributed by atoms with van der Waals surface area (Å²) in [6, 6.07) is 9.60. The van der Waals surface area contributed by atoms with Crippen molar-refractivity contribution in [2.45, 2.75) is 33.1 Å². The summed E-state index contributed by atoms with van der Waals surface area (Å²) >= 11 is 1.72. The zero-order valence-electron chi connectivity index (χ0n) is 12.8. The summed E-state index contributed by atoms with van der Waals surface area (Å²) < 4.78 is 0. The Morgan fingerprint density at radius 1 is 1.09 bits per heavy atom. The van der Waals surface area contributed by atoms with Crippen LogP contribution in [0.25, 0.3) is 0 Å². The number of carbonyl (C=O) groups is 2. The second-order valence-corrected chi connectivity index (χ2v) is 6.17. The fourth-order valence-corrected chi connectivity index (χ4v) is 2.94. The molecule has 22 heavy (non-hydrogen) atoms. The molecular formula is C17H20N2O2S. The van der Waals surface area contributed by atoms with E-state index in [2.05, 4.69) is 16.7 Å². The minimum absolute atomic E-state index is 0.000342. The lowest BCUT2D eigenvalue weighted by molar-refractivity contribution is -0.116. The third-order valence-corrected chi connectivity index (χ3v) is 4.26. The molecule has 0 bridgehead atoms. The minimum atomic E-state index is -0.123. The van der Waals surface area contributed by atoms with E-state index in [-0.39, 0.29) is 11.8 Å². The number of hydrogen-bond donors (Lipinski definition) is 2. The Kier molecular flexibility index (Phi) is 5.72. The third kappa shape index (κ3) is 4.70. The van der Waals surface area contributed by atoms with Gasteiger partial charge in [-0.15, -0.1) is 11.3 Å². The van der Waals surface area contributed by atoms with Crippen molar-refractivity contribution in [3.63, 3.8) is 0 Å². The number of carbonyl (C=O) groups excluding carboxylic acids is 2. The second-order valence-electron chi connectivity index (χ2n) is 5.14. The zero-order chi connectivity index (χ0) is 15.9. The van der Waals surface area contributed by atoms with Crippen molar-refractivity contribution in [3.8, 4) is 0 Å².